The van der Waals surface area contributed by atoms with E-state index in [1.807, 2.05) is 0 Å². The molecule has 18 nitrogen and oxygen atoms in total. The molecule has 276 valence electrons. The van der Waals surface area contributed by atoms with Crippen LogP contribution in [0, 0.1) is 0 Å². The number of ether oxygens (including phenoxy) is 2. The summed E-state index contributed by atoms with van der Waals surface area (Å²) >= 11 is 0. The molecule has 1 aromatic rings. The molecule has 4 atom stereocenters. The van der Waals surface area contributed by atoms with Gasteiger partial charge in [-0.25, -0.2) is 15.1 Å². The van der Waals surface area contributed by atoms with Gasteiger partial charge in [0.1, 0.15) is 30.5 Å². The van der Waals surface area contributed by atoms with Crippen molar-refractivity contribution in [2.24, 2.45) is 10.7 Å². The first-order valence-electron chi connectivity index (χ1n) is 16.6. The number of nitrogens with one attached hydrogen (secondary N) is 3. The second-order valence-electron chi connectivity index (χ2n) is 12.0. The summed E-state index contributed by atoms with van der Waals surface area (Å²) in [4.78, 5) is 79.3. The molecule has 0 radical (unpaired) electrons. The predicted octanol–water partition coefficient (Wildman–Crippen LogP) is -0.526. The van der Waals surface area contributed by atoms with Gasteiger partial charge in [0.05, 0.1) is 12.7 Å². The number of amides is 5. The summed E-state index contributed by atoms with van der Waals surface area (Å²) in [5.41, 5.74) is 6.27. The quantitative estimate of drug-likeness (QED) is 0.0440. The predicted molar refractivity (Wildman–Crippen MR) is 174 cm³/mol. The number of carbonyl (C=O) groups is 6. The molecule has 0 saturated carbocycles. The van der Waals surface area contributed by atoms with Crippen LogP contribution < -0.4 is 21.7 Å². The molecule has 0 aromatic heterocycles. The number of hydroxylamine groups is 4. The average Bonchev–Trinajstić information content (AvgIpc) is 3.55. The normalized spacial score (nSPS) is 18.5. The number of aromatic hydroxyl groups is 1. The molecule has 0 aliphatic carbocycles. The van der Waals surface area contributed by atoms with Crippen molar-refractivity contribution >= 4 is 41.4 Å². The van der Waals surface area contributed by atoms with Gasteiger partial charge in [0.2, 0.25) is 29.5 Å². The Morgan fingerprint density at radius 3 is 2.58 bits per heavy atom. The number of unbranched alkanes of at least 4 members (excludes halogenated alkanes) is 2. The lowest BCUT2D eigenvalue weighted by Gasteiger charge is -2.23. The summed E-state index contributed by atoms with van der Waals surface area (Å²) in [7, 11) is 1.30. The zero-order valence-electron chi connectivity index (χ0n) is 28.0. The summed E-state index contributed by atoms with van der Waals surface area (Å²) in [6, 6.07) is 1.80. The molecule has 3 rings (SSSR count). The Kier molecular flexibility index (Phi) is 15.9. The van der Waals surface area contributed by atoms with Gasteiger partial charge in [0, 0.05) is 32.5 Å². The molecular formula is C32H47N7O11. The third-order valence-electron chi connectivity index (χ3n) is 8.19. The summed E-state index contributed by atoms with van der Waals surface area (Å²) in [5.74, 6) is -3.69. The van der Waals surface area contributed by atoms with E-state index in [1.165, 1.54) is 13.2 Å². The number of hydrogen-bond donors (Lipinski definition) is 7. The highest BCUT2D eigenvalue weighted by molar-refractivity contribution is 6.01. The van der Waals surface area contributed by atoms with E-state index in [1.54, 1.807) is 18.2 Å². The van der Waals surface area contributed by atoms with Crippen molar-refractivity contribution in [1.82, 2.24) is 26.1 Å². The molecule has 2 heterocycles. The molecular weight excluding hydrogens is 658 g/mol. The minimum atomic E-state index is -1.27. The van der Waals surface area contributed by atoms with Gasteiger partial charge in [0.15, 0.2) is 6.04 Å². The summed E-state index contributed by atoms with van der Waals surface area (Å²) in [6.07, 6.45) is 3.37. The van der Waals surface area contributed by atoms with Crippen LogP contribution in [0.5, 0.6) is 5.75 Å². The van der Waals surface area contributed by atoms with E-state index in [4.69, 9.17) is 10.5 Å². The molecule has 5 amide bonds. The second kappa shape index (κ2) is 20.0. The highest BCUT2D eigenvalue weighted by atomic mass is 16.5. The third kappa shape index (κ3) is 12.3. The lowest BCUT2D eigenvalue weighted by atomic mass is 10.1. The number of nitrogens with zero attached hydrogens (tertiary/aromatic N) is 3. The zero-order chi connectivity index (χ0) is 36.6. The average molecular weight is 706 g/mol. The number of methoxy groups -OCH3 is 1. The number of rotatable bonds is 18. The number of phenolic OH excluding ortho intramolecular Hbond substituents is 1. The minimum Gasteiger partial charge on any atom is -0.507 e. The molecule has 2 aliphatic heterocycles. The zero-order valence-corrected chi connectivity index (χ0v) is 28.0. The van der Waals surface area contributed by atoms with Crippen molar-refractivity contribution in [2.75, 3.05) is 33.4 Å². The van der Waals surface area contributed by atoms with Crippen LogP contribution in [-0.2, 0) is 38.2 Å². The van der Waals surface area contributed by atoms with Crippen molar-refractivity contribution in [3.63, 3.8) is 0 Å². The Hall–Kier alpha value is -4.81. The van der Waals surface area contributed by atoms with Crippen molar-refractivity contribution < 1.29 is 53.8 Å². The van der Waals surface area contributed by atoms with E-state index in [2.05, 4.69) is 25.7 Å². The van der Waals surface area contributed by atoms with Gasteiger partial charge in [-0.15, -0.1) is 0 Å². The fourth-order valence-electron chi connectivity index (χ4n) is 5.23. The lowest BCUT2D eigenvalue weighted by molar-refractivity contribution is -0.167. The first kappa shape index (κ1) is 39.6. The van der Waals surface area contributed by atoms with E-state index in [0.717, 1.165) is 0 Å². The molecule has 0 bridgehead atoms. The van der Waals surface area contributed by atoms with Gasteiger partial charge in [-0.2, -0.15) is 0 Å². The van der Waals surface area contributed by atoms with Crippen LogP contribution in [0.25, 0.3) is 0 Å². The summed E-state index contributed by atoms with van der Waals surface area (Å²) in [5, 5.41) is 38.9. The van der Waals surface area contributed by atoms with Crippen LogP contribution in [0.2, 0.25) is 0 Å². The molecule has 0 unspecified atom stereocenters. The molecule has 1 aromatic carbocycles. The maximum absolute atomic E-state index is 13.3. The number of aliphatic imine (C=N–C) groups is 1. The van der Waals surface area contributed by atoms with Crippen molar-refractivity contribution in [1.29, 1.82) is 0 Å². The maximum Gasteiger partial charge on any atom is 0.305 e. The first-order chi connectivity index (χ1) is 23.9. The van der Waals surface area contributed by atoms with Crippen LogP contribution in [0.15, 0.2) is 29.3 Å². The Balaban J connectivity index is 1.57. The fraction of sp³-hybridized carbons (Fsp3) is 0.594. The maximum atomic E-state index is 13.3. The molecule has 2 aliphatic rings. The van der Waals surface area contributed by atoms with Gasteiger partial charge >= 0.3 is 5.97 Å². The smallest absolute Gasteiger partial charge is 0.305 e. The Labute approximate surface area is 289 Å². The number of benzene rings is 1. The van der Waals surface area contributed by atoms with Crippen molar-refractivity contribution in [2.45, 2.75) is 88.4 Å². The van der Waals surface area contributed by atoms with Crippen LogP contribution in [-0.4, -0.2) is 125 Å². The molecule has 50 heavy (non-hydrogen) atoms. The Morgan fingerprint density at radius 2 is 1.84 bits per heavy atom. The highest BCUT2D eigenvalue weighted by Crippen LogP contribution is 2.21. The van der Waals surface area contributed by atoms with Gasteiger partial charge in [0.25, 0.3) is 5.91 Å². The number of para-hydroxylation sites is 1. The van der Waals surface area contributed by atoms with E-state index in [9.17, 15) is 44.3 Å². The standard InChI is InChI=1S/C32H47N7O11/c1-49-27(42)15-4-2-3-14-26(41)38(47)17-9-12-22(35-30(45)24-19-50-31(37-24)20-10-5-6-13-25(20)40)29(44)34-18-21(33)28(43)36-23-11-7-8-16-39(48)32(23)46/h5-6,10,13,21-24,40,47-48H,2-4,7-9,11-12,14-19,33H2,1H3,(H,34,44)(H,35,45)(H,36,43)/t21-,22+,23+,24+/m1/s1. The van der Waals surface area contributed by atoms with Gasteiger partial charge in [-0.1, -0.05) is 18.6 Å². The number of hydrogen-bond acceptors (Lipinski definition) is 13. The summed E-state index contributed by atoms with van der Waals surface area (Å²) in [6.45, 7) is -0.514. The number of esters is 1. The number of nitrogens with two attached hydrogens (primary N) is 1. The Morgan fingerprint density at radius 1 is 1.10 bits per heavy atom. The molecule has 0 spiro atoms. The van der Waals surface area contributed by atoms with Crippen LogP contribution >= 0.6 is 0 Å². The van der Waals surface area contributed by atoms with E-state index >= 15 is 0 Å². The largest absolute Gasteiger partial charge is 0.507 e. The second-order valence-corrected chi connectivity index (χ2v) is 12.0. The van der Waals surface area contributed by atoms with Crippen molar-refractivity contribution in [3.8, 4) is 5.75 Å². The third-order valence-corrected chi connectivity index (χ3v) is 8.19. The van der Waals surface area contributed by atoms with Crippen LogP contribution in [0.3, 0.4) is 0 Å². The molecule has 1 saturated heterocycles. The number of phenols is 1. The fourth-order valence-corrected chi connectivity index (χ4v) is 5.23. The van der Waals surface area contributed by atoms with E-state index < -0.39 is 53.7 Å². The van der Waals surface area contributed by atoms with Gasteiger partial charge < -0.3 is 36.3 Å². The molecule has 1 fully saturated rings. The molecule has 8 N–H and O–H groups in total. The topological polar surface area (TPSA) is 263 Å². The monoisotopic (exact) mass is 705 g/mol. The van der Waals surface area contributed by atoms with Gasteiger partial charge in [-0.05, 0) is 57.1 Å². The Bertz CT molecular complexity index is 1390. The first-order valence-corrected chi connectivity index (χ1v) is 16.6. The van der Waals surface area contributed by atoms with E-state index in [0.29, 0.717) is 48.7 Å². The number of carbonyl (C=O) groups excluding carboxylic acids is 6. The molecule has 18 heteroatoms. The van der Waals surface area contributed by atoms with Gasteiger partial charge in [-0.3, -0.25) is 39.2 Å². The minimum absolute atomic E-state index is 0.0327. The lowest BCUT2D eigenvalue weighted by Crippen LogP contribution is -2.56. The summed E-state index contributed by atoms with van der Waals surface area (Å²) < 4.78 is 10.1. The van der Waals surface area contributed by atoms with Crippen LogP contribution in [0.1, 0.15) is 69.8 Å². The van der Waals surface area contributed by atoms with Crippen LogP contribution in [0.4, 0.5) is 0 Å². The SMILES string of the molecule is COC(=O)CCCCCC(=O)N(O)CCC[C@H](NC(=O)[C@@H]1COC(c2ccccc2O)=N1)C(=O)NC[C@@H](N)C(=O)N[C@H]1CCCCN(O)C1=O. The van der Waals surface area contributed by atoms with Crippen molar-refractivity contribution in [3.05, 3.63) is 29.8 Å². The van der Waals surface area contributed by atoms with E-state index in [-0.39, 0.29) is 75.1 Å². The highest BCUT2D eigenvalue weighted by Gasteiger charge is 2.32.